The molecule has 0 radical (unpaired) electrons. The number of sulfonamides is 1. The van der Waals surface area contributed by atoms with Crippen LogP contribution in [0.2, 0.25) is 0 Å². The molecule has 0 aliphatic carbocycles. The summed E-state index contributed by atoms with van der Waals surface area (Å²) in [5, 5.41) is 3.00. The molecule has 0 amide bonds. The van der Waals surface area contributed by atoms with Gasteiger partial charge in [-0.25, -0.2) is 13.1 Å². The van der Waals surface area contributed by atoms with Crippen LogP contribution < -0.4 is 10.5 Å². The van der Waals surface area contributed by atoms with Gasteiger partial charge in [-0.05, 0) is 13.8 Å². The summed E-state index contributed by atoms with van der Waals surface area (Å²) < 4.78 is 30.3. The van der Waals surface area contributed by atoms with Crippen LogP contribution in [0.15, 0.2) is 4.52 Å². The molecule has 1 rings (SSSR count). The van der Waals surface area contributed by atoms with Crippen molar-refractivity contribution in [3.63, 3.8) is 0 Å². The van der Waals surface area contributed by atoms with Crippen molar-refractivity contribution >= 4 is 10.0 Å². The number of hydrogen-bond donors (Lipinski definition) is 2. The van der Waals surface area contributed by atoms with Crippen LogP contribution in [0.3, 0.4) is 0 Å². The Morgan fingerprint density at radius 2 is 2.25 bits per heavy atom. The van der Waals surface area contributed by atoms with Crippen LogP contribution in [0.5, 0.6) is 0 Å². The van der Waals surface area contributed by atoms with Crippen molar-refractivity contribution in [3.8, 4) is 0 Å². The third-order valence-electron chi connectivity index (χ3n) is 2.07. The lowest BCUT2D eigenvalue weighted by molar-refractivity contribution is 0.374. The highest BCUT2D eigenvalue weighted by Gasteiger charge is 2.18. The van der Waals surface area contributed by atoms with Crippen molar-refractivity contribution < 1.29 is 12.9 Å². The smallest absolute Gasteiger partial charge is 0.227 e. The van der Waals surface area contributed by atoms with E-state index in [4.69, 9.17) is 10.3 Å². The molecule has 0 saturated carbocycles. The van der Waals surface area contributed by atoms with Crippen LogP contribution in [0.4, 0.5) is 0 Å². The minimum atomic E-state index is -3.34. The highest BCUT2D eigenvalue weighted by atomic mass is 32.2. The van der Waals surface area contributed by atoms with Gasteiger partial charge in [-0.2, -0.15) is 4.98 Å². The molecule has 1 aromatic heterocycles. The molecule has 3 N–H and O–H groups in total. The Morgan fingerprint density at radius 1 is 1.56 bits per heavy atom. The molecule has 7 nitrogen and oxygen atoms in total. The summed E-state index contributed by atoms with van der Waals surface area (Å²) in [5.74, 6) is 0.953. The van der Waals surface area contributed by atoms with Crippen LogP contribution in [-0.2, 0) is 16.4 Å². The molecule has 92 valence electrons. The van der Waals surface area contributed by atoms with E-state index in [-0.39, 0.29) is 13.1 Å². The number of hydrogen-bond acceptors (Lipinski definition) is 6. The van der Waals surface area contributed by atoms with E-state index in [1.165, 1.54) is 0 Å². The van der Waals surface area contributed by atoms with Crippen molar-refractivity contribution in [2.45, 2.75) is 25.5 Å². The van der Waals surface area contributed by atoms with Crippen LogP contribution in [0.25, 0.3) is 0 Å². The van der Waals surface area contributed by atoms with Gasteiger partial charge in [0, 0.05) is 19.5 Å². The molecule has 1 unspecified atom stereocenters. The molecule has 0 bridgehead atoms. The highest BCUT2D eigenvalue weighted by Crippen LogP contribution is 1.98. The van der Waals surface area contributed by atoms with Crippen molar-refractivity contribution in [1.29, 1.82) is 0 Å². The van der Waals surface area contributed by atoms with E-state index in [2.05, 4.69) is 14.9 Å². The number of nitrogens with zero attached hydrogens (tertiary/aromatic N) is 2. The summed E-state index contributed by atoms with van der Waals surface area (Å²) in [4.78, 5) is 3.96. The Balaban J connectivity index is 2.41. The summed E-state index contributed by atoms with van der Waals surface area (Å²) in [6, 6.07) is 0. The van der Waals surface area contributed by atoms with Gasteiger partial charge in [0.25, 0.3) is 0 Å². The topological polar surface area (TPSA) is 111 Å². The van der Waals surface area contributed by atoms with Crippen molar-refractivity contribution in [2.24, 2.45) is 5.73 Å². The van der Waals surface area contributed by atoms with Crippen molar-refractivity contribution in [2.75, 3.05) is 13.1 Å². The molecule has 0 aromatic carbocycles. The summed E-state index contributed by atoms with van der Waals surface area (Å²) in [6.45, 7) is 3.58. The largest absolute Gasteiger partial charge is 0.339 e. The SMILES string of the molecule is Cc1noc(CCNS(=O)(=O)C(C)CN)n1. The van der Waals surface area contributed by atoms with Gasteiger partial charge in [-0.1, -0.05) is 5.16 Å². The maximum Gasteiger partial charge on any atom is 0.227 e. The molecule has 1 aromatic rings. The third-order valence-corrected chi connectivity index (χ3v) is 3.93. The number of nitrogens with two attached hydrogens (primary N) is 1. The zero-order chi connectivity index (χ0) is 12.2. The molecule has 16 heavy (non-hydrogen) atoms. The Kier molecular flexibility index (Phi) is 4.39. The second-order valence-electron chi connectivity index (χ2n) is 3.47. The van der Waals surface area contributed by atoms with Crippen LogP contribution in [0.1, 0.15) is 18.6 Å². The van der Waals surface area contributed by atoms with Crippen molar-refractivity contribution in [3.05, 3.63) is 11.7 Å². The second-order valence-corrected chi connectivity index (χ2v) is 5.65. The fraction of sp³-hybridized carbons (Fsp3) is 0.750. The molecule has 0 fully saturated rings. The molecule has 8 heteroatoms. The lowest BCUT2D eigenvalue weighted by Crippen LogP contribution is -2.37. The van der Waals surface area contributed by atoms with E-state index in [1.807, 2.05) is 0 Å². The fourth-order valence-corrected chi connectivity index (χ4v) is 1.94. The monoisotopic (exact) mass is 248 g/mol. The van der Waals surface area contributed by atoms with E-state index >= 15 is 0 Å². The maximum absolute atomic E-state index is 11.5. The van der Waals surface area contributed by atoms with Crippen LogP contribution >= 0.6 is 0 Å². The Hall–Kier alpha value is -0.990. The molecule has 0 aliphatic heterocycles. The number of aryl methyl sites for hydroxylation is 1. The highest BCUT2D eigenvalue weighted by molar-refractivity contribution is 7.90. The van der Waals surface area contributed by atoms with Gasteiger partial charge in [0.2, 0.25) is 15.9 Å². The van der Waals surface area contributed by atoms with Crippen LogP contribution in [-0.4, -0.2) is 36.9 Å². The predicted molar refractivity (Wildman–Crippen MR) is 58.2 cm³/mol. The zero-order valence-corrected chi connectivity index (χ0v) is 10.1. The molecule has 1 heterocycles. The molecular weight excluding hydrogens is 232 g/mol. The van der Waals surface area contributed by atoms with Gasteiger partial charge in [0.05, 0.1) is 5.25 Å². The third kappa shape index (κ3) is 3.54. The van der Waals surface area contributed by atoms with Gasteiger partial charge in [0.1, 0.15) is 0 Å². The Bertz CT molecular complexity index is 428. The summed E-state index contributed by atoms with van der Waals surface area (Å²) in [7, 11) is -3.34. The minimum absolute atomic E-state index is 0.0923. The first-order valence-corrected chi connectivity index (χ1v) is 6.48. The first kappa shape index (κ1) is 13.1. The molecule has 1 atom stereocenters. The van der Waals surface area contributed by atoms with Gasteiger partial charge in [-0.3, -0.25) is 0 Å². The van der Waals surface area contributed by atoms with Crippen molar-refractivity contribution in [1.82, 2.24) is 14.9 Å². The van der Waals surface area contributed by atoms with E-state index in [0.717, 1.165) is 0 Å². The first-order chi connectivity index (χ1) is 7.45. The van der Waals surface area contributed by atoms with E-state index in [0.29, 0.717) is 18.1 Å². The van der Waals surface area contributed by atoms with Gasteiger partial charge < -0.3 is 10.3 Å². The molecule has 0 aliphatic rings. The average Bonchev–Trinajstić information content (AvgIpc) is 2.62. The van der Waals surface area contributed by atoms with Gasteiger partial charge in [0.15, 0.2) is 5.82 Å². The Labute approximate surface area is 94.5 Å². The fourth-order valence-electron chi connectivity index (χ4n) is 1.01. The lowest BCUT2D eigenvalue weighted by Gasteiger charge is -2.10. The maximum atomic E-state index is 11.5. The quantitative estimate of drug-likeness (QED) is 0.681. The number of aromatic nitrogens is 2. The summed E-state index contributed by atoms with van der Waals surface area (Å²) in [6.07, 6.45) is 0.372. The van der Waals surface area contributed by atoms with E-state index in [9.17, 15) is 8.42 Å². The molecule has 0 saturated heterocycles. The van der Waals surface area contributed by atoms with Gasteiger partial charge in [-0.15, -0.1) is 0 Å². The zero-order valence-electron chi connectivity index (χ0n) is 9.30. The van der Waals surface area contributed by atoms with E-state index in [1.54, 1.807) is 13.8 Å². The van der Waals surface area contributed by atoms with Gasteiger partial charge >= 0.3 is 0 Å². The number of nitrogens with one attached hydrogen (secondary N) is 1. The molecule has 0 spiro atoms. The number of rotatable bonds is 6. The lowest BCUT2D eigenvalue weighted by atomic mass is 10.4. The van der Waals surface area contributed by atoms with Crippen LogP contribution in [0, 0.1) is 6.92 Å². The first-order valence-electron chi connectivity index (χ1n) is 4.93. The standard InChI is InChI=1S/C8H16N4O3S/c1-6(5-9)16(13,14)10-4-3-8-11-7(2)12-15-8/h6,10H,3-5,9H2,1-2H3. The Morgan fingerprint density at radius 3 is 2.75 bits per heavy atom. The second kappa shape index (κ2) is 5.37. The minimum Gasteiger partial charge on any atom is -0.339 e. The summed E-state index contributed by atoms with van der Waals surface area (Å²) >= 11 is 0. The van der Waals surface area contributed by atoms with E-state index < -0.39 is 15.3 Å². The summed E-state index contributed by atoms with van der Waals surface area (Å²) in [5.41, 5.74) is 5.28. The predicted octanol–water partition coefficient (Wildman–Crippen LogP) is -0.813. The average molecular weight is 248 g/mol. The normalized spacial score (nSPS) is 13.9. The molecular formula is C8H16N4O3S.